The van der Waals surface area contributed by atoms with E-state index in [0.717, 1.165) is 22.4 Å². The summed E-state index contributed by atoms with van der Waals surface area (Å²) in [7, 11) is 1.59. The lowest BCUT2D eigenvalue weighted by atomic mass is 10.0. The van der Waals surface area contributed by atoms with Crippen LogP contribution in [0.1, 0.15) is 16.1 Å². The SMILES string of the molecule is COc1ccc(-c2cccc3c2-n2cccc2C3=O)cn1. The molecule has 0 bridgehead atoms. The first-order chi connectivity index (χ1) is 10.3. The first-order valence-corrected chi connectivity index (χ1v) is 6.65. The van der Waals surface area contributed by atoms with Crippen LogP contribution < -0.4 is 4.74 Å². The van der Waals surface area contributed by atoms with Gasteiger partial charge in [-0.15, -0.1) is 0 Å². The predicted octanol–water partition coefficient (Wildman–Crippen LogP) is 3.09. The molecule has 1 aliphatic rings. The minimum absolute atomic E-state index is 0.0679. The minimum Gasteiger partial charge on any atom is -0.481 e. The molecule has 0 spiro atoms. The van der Waals surface area contributed by atoms with Crippen molar-refractivity contribution in [1.29, 1.82) is 0 Å². The Hall–Kier alpha value is -2.88. The number of para-hydroxylation sites is 1. The highest BCUT2D eigenvalue weighted by Gasteiger charge is 2.28. The zero-order valence-corrected chi connectivity index (χ0v) is 11.4. The van der Waals surface area contributed by atoms with Crippen molar-refractivity contribution in [2.75, 3.05) is 7.11 Å². The molecule has 4 heteroatoms. The summed E-state index contributed by atoms with van der Waals surface area (Å²) in [5.41, 5.74) is 4.32. The number of ketones is 1. The average molecular weight is 276 g/mol. The number of carbonyl (C=O) groups excluding carboxylic acids is 1. The van der Waals surface area contributed by atoms with Gasteiger partial charge in [0.05, 0.1) is 18.5 Å². The van der Waals surface area contributed by atoms with Crippen LogP contribution in [0.15, 0.2) is 54.9 Å². The minimum atomic E-state index is 0.0679. The van der Waals surface area contributed by atoms with Crippen LogP contribution in [-0.2, 0) is 0 Å². The summed E-state index contributed by atoms with van der Waals surface area (Å²) in [6, 6.07) is 13.3. The lowest BCUT2D eigenvalue weighted by Crippen LogP contribution is -1.95. The van der Waals surface area contributed by atoms with Gasteiger partial charge in [-0.05, 0) is 24.3 Å². The molecular weight excluding hydrogens is 264 g/mol. The van der Waals surface area contributed by atoms with Gasteiger partial charge in [0.2, 0.25) is 11.7 Å². The topological polar surface area (TPSA) is 44.1 Å². The molecule has 1 aliphatic heterocycles. The fourth-order valence-electron chi connectivity index (χ4n) is 2.78. The van der Waals surface area contributed by atoms with Crippen molar-refractivity contribution in [3.63, 3.8) is 0 Å². The zero-order chi connectivity index (χ0) is 14.4. The van der Waals surface area contributed by atoms with Gasteiger partial charge in [0.25, 0.3) is 0 Å². The quantitative estimate of drug-likeness (QED) is 0.565. The number of fused-ring (bicyclic) bond motifs is 3. The number of pyridine rings is 1. The van der Waals surface area contributed by atoms with Crippen LogP contribution in [0.3, 0.4) is 0 Å². The van der Waals surface area contributed by atoms with Gasteiger partial charge < -0.3 is 9.30 Å². The van der Waals surface area contributed by atoms with Crippen molar-refractivity contribution >= 4 is 5.78 Å². The Balaban J connectivity index is 1.95. The molecule has 0 N–H and O–H groups in total. The highest BCUT2D eigenvalue weighted by Crippen LogP contribution is 2.36. The summed E-state index contributed by atoms with van der Waals surface area (Å²) in [6.07, 6.45) is 3.68. The maximum atomic E-state index is 12.4. The molecule has 102 valence electrons. The Labute approximate surface area is 121 Å². The van der Waals surface area contributed by atoms with E-state index in [1.807, 2.05) is 53.2 Å². The van der Waals surface area contributed by atoms with E-state index in [1.165, 1.54) is 0 Å². The van der Waals surface area contributed by atoms with Gasteiger partial charge in [-0.25, -0.2) is 4.98 Å². The summed E-state index contributed by atoms with van der Waals surface area (Å²) in [5.74, 6) is 0.641. The molecule has 1 aromatic carbocycles. The van der Waals surface area contributed by atoms with Crippen LogP contribution in [0, 0.1) is 0 Å². The molecule has 4 nitrogen and oxygen atoms in total. The van der Waals surface area contributed by atoms with Crippen molar-refractivity contribution in [2.24, 2.45) is 0 Å². The Morgan fingerprint density at radius 3 is 2.67 bits per heavy atom. The molecule has 3 heterocycles. The third kappa shape index (κ3) is 1.62. The van der Waals surface area contributed by atoms with Crippen LogP contribution in [-0.4, -0.2) is 22.4 Å². The molecule has 3 aromatic rings. The standard InChI is InChI=1S/C17H12N2O2/c1-21-15-8-7-11(10-18-15)12-4-2-5-13-16(12)19-9-3-6-14(19)17(13)20/h2-10H,1H3. The highest BCUT2D eigenvalue weighted by molar-refractivity contribution is 6.15. The molecule has 0 saturated carbocycles. The van der Waals surface area contributed by atoms with Gasteiger partial charge in [-0.3, -0.25) is 4.79 Å². The van der Waals surface area contributed by atoms with Gasteiger partial charge in [0.1, 0.15) is 0 Å². The van der Waals surface area contributed by atoms with E-state index < -0.39 is 0 Å². The van der Waals surface area contributed by atoms with Crippen molar-refractivity contribution in [3.05, 3.63) is 66.1 Å². The number of aromatic nitrogens is 2. The maximum absolute atomic E-state index is 12.4. The Morgan fingerprint density at radius 2 is 1.90 bits per heavy atom. The summed E-state index contributed by atoms with van der Waals surface area (Å²) < 4.78 is 7.03. The fraction of sp³-hybridized carbons (Fsp3) is 0.0588. The van der Waals surface area contributed by atoms with Gasteiger partial charge in [-0.1, -0.05) is 12.1 Å². The van der Waals surface area contributed by atoms with E-state index in [-0.39, 0.29) is 5.78 Å². The van der Waals surface area contributed by atoms with Crippen molar-refractivity contribution in [2.45, 2.75) is 0 Å². The normalized spacial score (nSPS) is 12.1. The Bertz CT molecular complexity index is 847. The van der Waals surface area contributed by atoms with E-state index >= 15 is 0 Å². The fourth-order valence-corrected chi connectivity index (χ4v) is 2.78. The maximum Gasteiger partial charge on any atom is 0.212 e. The molecule has 0 radical (unpaired) electrons. The number of hydrogen-bond acceptors (Lipinski definition) is 3. The third-order valence-electron chi connectivity index (χ3n) is 3.76. The van der Waals surface area contributed by atoms with Crippen LogP contribution >= 0.6 is 0 Å². The second kappa shape index (κ2) is 4.31. The summed E-state index contributed by atoms with van der Waals surface area (Å²) in [4.78, 5) is 16.6. The van der Waals surface area contributed by atoms with Crippen LogP contribution in [0.5, 0.6) is 5.88 Å². The molecule has 4 rings (SSSR count). The third-order valence-corrected chi connectivity index (χ3v) is 3.76. The summed E-state index contributed by atoms with van der Waals surface area (Å²) in [6.45, 7) is 0. The number of methoxy groups -OCH3 is 1. The van der Waals surface area contributed by atoms with Gasteiger partial charge in [0.15, 0.2) is 0 Å². The molecule has 0 atom stereocenters. The second-order valence-corrected chi connectivity index (χ2v) is 4.88. The molecular formula is C17H12N2O2. The van der Waals surface area contributed by atoms with Crippen molar-refractivity contribution in [3.8, 4) is 22.7 Å². The van der Waals surface area contributed by atoms with Crippen LogP contribution in [0.25, 0.3) is 16.8 Å². The van der Waals surface area contributed by atoms with Gasteiger partial charge in [0, 0.05) is 35.2 Å². The van der Waals surface area contributed by atoms with E-state index in [4.69, 9.17) is 4.74 Å². The molecule has 21 heavy (non-hydrogen) atoms. The largest absolute Gasteiger partial charge is 0.481 e. The lowest BCUT2D eigenvalue weighted by Gasteiger charge is -2.10. The van der Waals surface area contributed by atoms with Crippen LogP contribution in [0.2, 0.25) is 0 Å². The lowest BCUT2D eigenvalue weighted by molar-refractivity contribution is 0.104. The van der Waals surface area contributed by atoms with E-state index in [9.17, 15) is 4.79 Å². The molecule has 0 aliphatic carbocycles. The monoisotopic (exact) mass is 276 g/mol. The molecule has 0 fully saturated rings. The summed E-state index contributed by atoms with van der Waals surface area (Å²) in [5, 5.41) is 0. The molecule has 0 unspecified atom stereocenters. The van der Waals surface area contributed by atoms with E-state index in [0.29, 0.717) is 11.6 Å². The van der Waals surface area contributed by atoms with Crippen molar-refractivity contribution < 1.29 is 9.53 Å². The van der Waals surface area contributed by atoms with E-state index in [1.54, 1.807) is 13.3 Å². The number of carbonyl (C=O) groups is 1. The molecule has 0 amide bonds. The highest BCUT2D eigenvalue weighted by atomic mass is 16.5. The number of nitrogens with zero attached hydrogens (tertiary/aromatic N) is 2. The number of hydrogen-bond donors (Lipinski definition) is 0. The van der Waals surface area contributed by atoms with Crippen molar-refractivity contribution in [1.82, 2.24) is 9.55 Å². The number of benzene rings is 1. The summed E-state index contributed by atoms with van der Waals surface area (Å²) >= 11 is 0. The zero-order valence-electron chi connectivity index (χ0n) is 11.4. The second-order valence-electron chi connectivity index (χ2n) is 4.88. The molecule has 2 aromatic heterocycles. The number of rotatable bonds is 2. The molecule has 0 saturated heterocycles. The average Bonchev–Trinajstić information content (AvgIpc) is 3.11. The van der Waals surface area contributed by atoms with Gasteiger partial charge in [-0.2, -0.15) is 0 Å². The first-order valence-electron chi connectivity index (χ1n) is 6.65. The Morgan fingerprint density at radius 1 is 1.05 bits per heavy atom. The smallest absolute Gasteiger partial charge is 0.212 e. The number of ether oxygens (including phenoxy) is 1. The first kappa shape index (κ1) is 11.9. The Kier molecular flexibility index (Phi) is 2.44. The predicted molar refractivity (Wildman–Crippen MR) is 79.0 cm³/mol. The van der Waals surface area contributed by atoms with Gasteiger partial charge >= 0.3 is 0 Å². The van der Waals surface area contributed by atoms with Crippen LogP contribution in [0.4, 0.5) is 0 Å². The van der Waals surface area contributed by atoms with E-state index in [2.05, 4.69) is 4.98 Å².